The molecule has 0 fully saturated rings. The standard InChI is InChI=1S/C19H15ClFN5O/c1-11-17(18(20)26(25-11)13-8-6-12(21)7-9-13)19(27)22-10-16-23-14-4-2-3-5-15(14)24-16/h2-9H,10H2,1H3,(H,22,27)(H,23,24). The average molecular weight is 384 g/mol. The maximum Gasteiger partial charge on any atom is 0.256 e. The van der Waals surface area contributed by atoms with Crippen molar-refractivity contribution in [3.63, 3.8) is 0 Å². The molecule has 6 nitrogen and oxygen atoms in total. The van der Waals surface area contributed by atoms with Crippen LogP contribution in [0.2, 0.25) is 5.15 Å². The minimum absolute atomic E-state index is 0.168. The third kappa shape index (κ3) is 3.29. The van der Waals surface area contributed by atoms with Crippen LogP contribution >= 0.6 is 11.6 Å². The van der Waals surface area contributed by atoms with E-state index in [9.17, 15) is 9.18 Å². The zero-order valence-corrected chi connectivity index (χ0v) is 15.1. The maximum atomic E-state index is 13.1. The largest absolute Gasteiger partial charge is 0.345 e. The first kappa shape index (κ1) is 17.2. The number of carbonyl (C=O) groups is 1. The lowest BCUT2D eigenvalue weighted by Crippen LogP contribution is -2.24. The van der Waals surface area contributed by atoms with Gasteiger partial charge in [-0.2, -0.15) is 5.10 Å². The van der Waals surface area contributed by atoms with E-state index >= 15 is 0 Å². The van der Waals surface area contributed by atoms with Crippen LogP contribution in [0.1, 0.15) is 21.9 Å². The normalized spacial score (nSPS) is 11.1. The number of hydrogen-bond donors (Lipinski definition) is 2. The molecule has 2 aromatic carbocycles. The number of imidazole rings is 1. The molecule has 0 bridgehead atoms. The Hall–Kier alpha value is -3.19. The Morgan fingerprint density at radius 2 is 1.96 bits per heavy atom. The van der Waals surface area contributed by atoms with Crippen molar-refractivity contribution in [2.45, 2.75) is 13.5 Å². The molecular formula is C19H15ClFN5O. The molecule has 1 amide bonds. The first-order chi connectivity index (χ1) is 13.0. The van der Waals surface area contributed by atoms with Gasteiger partial charge in [0.15, 0.2) is 0 Å². The number of H-pyrrole nitrogens is 1. The van der Waals surface area contributed by atoms with Crippen LogP contribution in [0.3, 0.4) is 0 Å². The summed E-state index contributed by atoms with van der Waals surface area (Å²) in [7, 11) is 0. The molecule has 136 valence electrons. The van der Waals surface area contributed by atoms with Gasteiger partial charge in [0.25, 0.3) is 5.91 Å². The predicted molar refractivity (Wildman–Crippen MR) is 101 cm³/mol. The van der Waals surface area contributed by atoms with Gasteiger partial charge in [-0.3, -0.25) is 4.79 Å². The summed E-state index contributed by atoms with van der Waals surface area (Å²) in [6.45, 7) is 1.92. The second kappa shape index (κ2) is 6.85. The molecule has 8 heteroatoms. The quantitative estimate of drug-likeness (QED) is 0.563. The molecule has 0 aliphatic heterocycles. The molecule has 2 heterocycles. The number of amides is 1. The molecule has 0 aliphatic rings. The first-order valence-electron chi connectivity index (χ1n) is 8.26. The first-order valence-corrected chi connectivity index (χ1v) is 8.63. The van der Waals surface area contributed by atoms with Crippen LogP contribution in [0.4, 0.5) is 4.39 Å². The summed E-state index contributed by atoms with van der Waals surface area (Å²) < 4.78 is 14.5. The fourth-order valence-corrected chi connectivity index (χ4v) is 3.21. The Morgan fingerprint density at radius 1 is 1.22 bits per heavy atom. The second-order valence-corrected chi connectivity index (χ2v) is 6.38. The molecule has 0 saturated heterocycles. The van der Waals surface area contributed by atoms with Gasteiger partial charge in [-0.05, 0) is 43.3 Å². The van der Waals surface area contributed by atoms with Gasteiger partial charge in [-0.15, -0.1) is 0 Å². The lowest BCUT2D eigenvalue weighted by Gasteiger charge is -2.04. The van der Waals surface area contributed by atoms with E-state index in [0.717, 1.165) is 11.0 Å². The van der Waals surface area contributed by atoms with Gasteiger partial charge in [0.2, 0.25) is 0 Å². The minimum Gasteiger partial charge on any atom is -0.345 e. The van der Waals surface area contributed by atoms with Gasteiger partial charge in [0.05, 0.1) is 34.5 Å². The van der Waals surface area contributed by atoms with E-state index in [0.29, 0.717) is 17.2 Å². The van der Waals surface area contributed by atoms with Crippen LogP contribution in [0.5, 0.6) is 0 Å². The molecule has 4 rings (SSSR count). The van der Waals surface area contributed by atoms with E-state index in [-0.39, 0.29) is 29.0 Å². The number of hydrogen-bond acceptors (Lipinski definition) is 3. The van der Waals surface area contributed by atoms with Gasteiger partial charge in [0.1, 0.15) is 16.8 Å². The molecule has 0 saturated carbocycles. The van der Waals surface area contributed by atoms with Gasteiger partial charge >= 0.3 is 0 Å². The molecule has 4 aromatic rings. The van der Waals surface area contributed by atoms with Crippen LogP contribution in [0.25, 0.3) is 16.7 Å². The van der Waals surface area contributed by atoms with Gasteiger partial charge in [0, 0.05) is 0 Å². The summed E-state index contributed by atoms with van der Waals surface area (Å²) in [5.41, 5.74) is 3.06. The van der Waals surface area contributed by atoms with Gasteiger partial charge in [-0.1, -0.05) is 23.7 Å². The summed E-state index contributed by atoms with van der Waals surface area (Å²) in [5, 5.41) is 7.27. The Morgan fingerprint density at radius 3 is 2.70 bits per heavy atom. The van der Waals surface area contributed by atoms with E-state index in [1.165, 1.54) is 16.8 Å². The van der Waals surface area contributed by atoms with Crippen molar-refractivity contribution in [3.05, 3.63) is 76.6 Å². The highest BCUT2D eigenvalue weighted by Crippen LogP contribution is 2.23. The van der Waals surface area contributed by atoms with E-state index in [1.807, 2.05) is 24.3 Å². The summed E-state index contributed by atoms with van der Waals surface area (Å²) in [6, 6.07) is 13.3. The molecule has 0 atom stereocenters. The Bertz CT molecular complexity index is 1100. The van der Waals surface area contributed by atoms with Crippen molar-refractivity contribution in [2.24, 2.45) is 0 Å². The van der Waals surface area contributed by atoms with Crippen LogP contribution < -0.4 is 5.32 Å². The number of aromatic amines is 1. The smallest absolute Gasteiger partial charge is 0.256 e. The van der Waals surface area contributed by atoms with Crippen LogP contribution in [-0.4, -0.2) is 25.7 Å². The zero-order chi connectivity index (χ0) is 19.0. The van der Waals surface area contributed by atoms with E-state index in [4.69, 9.17) is 11.6 Å². The number of nitrogens with zero attached hydrogens (tertiary/aromatic N) is 3. The van der Waals surface area contributed by atoms with Crippen molar-refractivity contribution in [2.75, 3.05) is 0 Å². The second-order valence-electron chi connectivity index (χ2n) is 6.02. The van der Waals surface area contributed by atoms with Gasteiger partial charge < -0.3 is 10.3 Å². The number of rotatable bonds is 4. The van der Waals surface area contributed by atoms with Crippen molar-refractivity contribution in [3.8, 4) is 5.69 Å². The number of benzene rings is 2. The third-order valence-corrected chi connectivity index (χ3v) is 4.51. The summed E-state index contributed by atoms with van der Waals surface area (Å²) in [4.78, 5) is 20.2. The molecule has 2 N–H and O–H groups in total. The van der Waals surface area contributed by atoms with Gasteiger partial charge in [-0.25, -0.2) is 14.1 Å². The van der Waals surface area contributed by atoms with E-state index in [1.54, 1.807) is 19.1 Å². The number of aryl methyl sites for hydroxylation is 1. The monoisotopic (exact) mass is 383 g/mol. The van der Waals surface area contributed by atoms with Crippen molar-refractivity contribution >= 4 is 28.5 Å². The lowest BCUT2D eigenvalue weighted by atomic mass is 10.2. The maximum absolute atomic E-state index is 13.1. The fraction of sp³-hybridized carbons (Fsp3) is 0.105. The molecule has 0 unspecified atom stereocenters. The van der Waals surface area contributed by atoms with E-state index < -0.39 is 0 Å². The van der Waals surface area contributed by atoms with Crippen molar-refractivity contribution in [1.29, 1.82) is 0 Å². The Labute approximate surface area is 159 Å². The number of fused-ring (bicyclic) bond motifs is 1. The number of nitrogens with one attached hydrogen (secondary N) is 2. The highest BCUT2D eigenvalue weighted by molar-refractivity contribution is 6.33. The molecule has 0 spiro atoms. The topological polar surface area (TPSA) is 75.6 Å². The minimum atomic E-state index is -0.359. The lowest BCUT2D eigenvalue weighted by molar-refractivity contribution is 0.0949. The fourth-order valence-electron chi connectivity index (χ4n) is 2.85. The summed E-state index contributed by atoms with van der Waals surface area (Å²) in [5.74, 6) is -0.0712. The highest BCUT2D eigenvalue weighted by Gasteiger charge is 2.21. The molecule has 27 heavy (non-hydrogen) atoms. The van der Waals surface area contributed by atoms with Crippen LogP contribution in [0.15, 0.2) is 48.5 Å². The molecule has 2 aromatic heterocycles. The van der Waals surface area contributed by atoms with Crippen molar-refractivity contribution in [1.82, 2.24) is 25.1 Å². The van der Waals surface area contributed by atoms with Crippen LogP contribution in [0, 0.1) is 12.7 Å². The average Bonchev–Trinajstić information content (AvgIpc) is 3.20. The number of aromatic nitrogens is 4. The molecule has 0 radical (unpaired) electrons. The number of para-hydroxylation sites is 2. The highest BCUT2D eigenvalue weighted by atomic mass is 35.5. The summed E-state index contributed by atoms with van der Waals surface area (Å²) in [6.07, 6.45) is 0. The number of halogens is 2. The summed E-state index contributed by atoms with van der Waals surface area (Å²) >= 11 is 6.37. The molecular weight excluding hydrogens is 369 g/mol. The SMILES string of the molecule is Cc1nn(-c2ccc(F)cc2)c(Cl)c1C(=O)NCc1nc2ccccc2[nH]1. The van der Waals surface area contributed by atoms with Crippen LogP contribution in [-0.2, 0) is 6.54 Å². The Balaban J connectivity index is 1.55. The number of carbonyl (C=O) groups excluding carboxylic acids is 1. The predicted octanol–water partition coefficient (Wildman–Crippen LogP) is 3.78. The van der Waals surface area contributed by atoms with Crippen molar-refractivity contribution < 1.29 is 9.18 Å². The molecule has 0 aliphatic carbocycles. The zero-order valence-electron chi connectivity index (χ0n) is 14.3. The third-order valence-electron chi connectivity index (χ3n) is 4.16. The van der Waals surface area contributed by atoms with E-state index in [2.05, 4.69) is 20.4 Å². The Kier molecular flexibility index (Phi) is 4.37.